The number of primary amides is 1. The molecule has 2 aliphatic rings. The van der Waals surface area contributed by atoms with E-state index in [9.17, 15) is 4.79 Å². The summed E-state index contributed by atoms with van der Waals surface area (Å²) in [6, 6.07) is 0.266. The van der Waals surface area contributed by atoms with Gasteiger partial charge in [-0.2, -0.15) is 0 Å². The summed E-state index contributed by atoms with van der Waals surface area (Å²) in [7, 11) is 0. The zero-order valence-electron chi connectivity index (χ0n) is 11.6. The highest BCUT2D eigenvalue weighted by molar-refractivity contribution is 5.85. The predicted octanol–water partition coefficient (Wildman–Crippen LogP) is 1.58. The molecule has 3 N–H and O–H groups in total. The summed E-state index contributed by atoms with van der Waals surface area (Å²) in [4.78, 5) is 11.7. The Morgan fingerprint density at radius 1 is 1.44 bits per heavy atom. The number of amides is 1. The molecule has 18 heavy (non-hydrogen) atoms. The molecule has 104 valence electrons. The van der Waals surface area contributed by atoms with E-state index in [4.69, 9.17) is 10.5 Å². The molecule has 4 heteroatoms. The topological polar surface area (TPSA) is 64.3 Å². The third-order valence-electron chi connectivity index (χ3n) is 4.08. The van der Waals surface area contributed by atoms with Crippen LogP contribution in [-0.4, -0.2) is 30.2 Å². The number of ether oxygens (including phenoxy) is 1. The minimum atomic E-state index is -0.543. The van der Waals surface area contributed by atoms with Gasteiger partial charge < -0.3 is 15.8 Å². The van der Waals surface area contributed by atoms with E-state index in [0.29, 0.717) is 0 Å². The Balaban J connectivity index is 1.80. The average Bonchev–Trinajstić information content (AvgIpc) is 3.00. The van der Waals surface area contributed by atoms with E-state index < -0.39 is 5.54 Å². The fourth-order valence-corrected chi connectivity index (χ4v) is 2.93. The van der Waals surface area contributed by atoms with Crippen molar-refractivity contribution >= 4 is 5.91 Å². The molecule has 1 amide bonds. The first-order valence-electron chi connectivity index (χ1n) is 7.21. The lowest BCUT2D eigenvalue weighted by Crippen LogP contribution is -2.56. The maximum Gasteiger partial charge on any atom is 0.237 e. The highest BCUT2D eigenvalue weighted by atomic mass is 16.5. The van der Waals surface area contributed by atoms with Crippen LogP contribution >= 0.6 is 0 Å². The Bertz CT molecular complexity index is 302. The fourth-order valence-electron chi connectivity index (χ4n) is 2.93. The molecule has 2 saturated carbocycles. The van der Waals surface area contributed by atoms with Crippen molar-refractivity contribution in [1.82, 2.24) is 5.32 Å². The van der Waals surface area contributed by atoms with Gasteiger partial charge in [0.05, 0.1) is 6.10 Å². The summed E-state index contributed by atoms with van der Waals surface area (Å²) in [5.74, 6) is 0.672. The minimum Gasteiger partial charge on any atom is -0.378 e. The highest BCUT2D eigenvalue weighted by Crippen LogP contribution is 2.35. The van der Waals surface area contributed by atoms with Crippen molar-refractivity contribution in [2.75, 3.05) is 6.61 Å². The van der Waals surface area contributed by atoms with Gasteiger partial charge >= 0.3 is 0 Å². The molecule has 0 aromatic carbocycles. The van der Waals surface area contributed by atoms with Crippen molar-refractivity contribution in [3.63, 3.8) is 0 Å². The molecule has 2 unspecified atom stereocenters. The molecule has 2 atom stereocenters. The van der Waals surface area contributed by atoms with Crippen molar-refractivity contribution in [3.8, 4) is 0 Å². The van der Waals surface area contributed by atoms with E-state index in [1.807, 2.05) is 13.8 Å². The Kier molecular flexibility index (Phi) is 4.28. The van der Waals surface area contributed by atoms with Crippen LogP contribution < -0.4 is 11.1 Å². The molecular formula is C14H26N2O2. The van der Waals surface area contributed by atoms with Crippen LogP contribution in [0, 0.1) is 5.92 Å². The minimum absolute atomic E-state index is 0.197. The summed E-state index contributed by atoms with van der Waals surface area (Å²) >= 11 is 0. The maximum absolute atomic E-state index is 11.7. The molecule has 2 aliphatic carbocycles. The van der Waals surface area contributed by atoms with Crippen LogP contribution in [0.15, 0.2) is 0 Å². The monoisotopic (exact) mass is 254 g/mol. The van der Waals surface area contributed by atoms with Crippen molar-refractivity contribution in [2.45, 2.75) is 70.1 Å². The molecular weight excluding hydrogens is 228 g/mol. The van der Waals surface area contributed by atoms with Gasteiger partial charge in [0.1, 0.15) is 5.54 Å². The number of nitrogens with one attached hydrogen (secondary N) is 1. The summed E-state index contributed by atoms with van der Waals surface area (Å²) in [5, 5.41) is 3.34. The Labute approximate surface area is 110 Å². The van der Waals surface area contributed by atoms with Gasteiger partial charge in [0.25, 0.3) is 0 Å². The molecule has 0 bridgehead atoms. The number of carbonyl (C=O) groups is 1. The molecule has 0 spiro atoms. The summed E-state index contributed by atoms with van der Waals surface area (Å²) in [6.07, 6.45) is 6.58. The van der Waals surface area contributed by atoms with E-state index in [2.05, 4.69) is 5.32 Å². The molecule has 0 radical (unpaired) electrons. The van der Waals surface area contributed by atoms with Crippen molar-refractivity contribution in [3.05, 3.63) is 0 Å². The average molecular weight is 254 g/mol. The second-order valence-corrected chi connectivity index (χ2v) is 6.21. The number of carbonyl (C=O) groups excluding carboxylic acids is 1. The number of nitrogens with two attached hydrogens (primary N) is 1. The molecule has 0 heterocycles. The van der Waals surface area contributed by atoms with E-state index in [1.54, 1.807) is 0 Å². The van der Waals surface area contributed by atoms with Gasteiger partial charge in [-0.25, -0.2) is 0 Å². The van der Waals surface area contributed by atoms with Gasteiger partial charge in [0, 0.05) is 19.1 Å². The normalized spacial score (nSPS) is 32.1. The molecule has 0 aliphatic heterocycles. The van der Waals surface area contributed by atoms with Gasteiger partial charge in [-0.05, 0) is 39.0 Å². The molecule has 4 nitrogen and oxygen atoms in total. The van der Waals surface area contributed by atoms with Gasteiger partial charge in [0.2, 0.25) is 5.91 Å². The second kappa shape index (κ2) is 5.57. The smallest absolute Gasteiger partial charge is 0.237 e. The third-order valence-corrected chi connectivity index (χ3v) is 4.08. The predicted molar refractivity (Wildman–Crippen MR) is 71.1 cm³/mol. The van der Waals surface area contributed by atoms with Crippen LogP contribution in [-0.2, 0) is 9.53 Å². The van der Waals surface area contributed by atoms with Gasteiger partial charge in [0.15, 0.2) is 0 Å². The van der Waals surface area contributed by atoms with Gasteiger partial charge in [-0.1, -0.05) is 12.8 Å². The molecule has 2 rings (SSSR count). The van der Waals surface area contributed by atoms with Crippen LogP contribution in [0.1, 0.15) is 52.4 Å². The van der Waals surface area contributed by atoms with E-state index >= 15 is 0 Å². The second-order valence-electron chi connectivity index (χ2n) is 6.21. The molecule has 0 saturated heterocycles. The lowest BCUT2D eigenvalue weighted by Gasteiger charge is -2.29. The van der Waals surface area contributed by atoms with Gasteiger partial charge in [-0.3, -0.25) is 4.79 Å². The standard InChI is InChI=1S/C14H26N2O2/c1-10(2)16-14(13(15)17)7-5-12(9-14)18-8-6-11-3-4-11/h10-12,16H,3-9H2,1-2H3,(H2,15,17). The van der Waals surface area contributed by atoms with E-state index in [1.165, 1.54) is 19.3 Å². The Morgan fingerprint density at radius 2 is 2.17 bits per heavy atom. The summed E-state index contributed by atoms with van der Waals surface area (Å²) in [5.41, 5.74) is 5.03. The summed E-state index contributed by atoms with van der Waals surface area (Å²) < 4.78 is 5.89. The van der Waals surface area contributed by atoms with Gasteiger partial charge in [-0.15, -0.1) is 0 Å². The lowest BCUT2D eigenvalue weighted by molar-refractivity contribution is -0.125. The first-order valence-corrected chi connectivity index (χ1v) is 7.21. The number of hydrogen-bond acceptors (Lipinski definition) is 3. The zero-order chi connectivity index (χ0) is 13.2. The van der Waals surface area contributed by atoms with Crippen molar-refractivity contribution < 1.29 is 9.53 Å². The SMILES string of the molecule is CC(C)NC1(C(N)=O)CCC(OCCC2CC2)C1. The Hall–Kier alpha value is -0.610. The highest BCUT2D eigenvalue weighted by Gasteiger charge is 2.44. The first kappa shape index (κ1) is 13.8. The van der Waals surface area contributed by atoms with Crippen molar-refractivity contribution in [2.24, 2.45) is 11.7 Å². The van der Waals surface area contributed by atoms with Crippen LogP contribution in [0.5, 0.6) is 0 Å². The van der Waals surface area contributed by atoms with Crippen LogP contribution in [0.4, 0.5) is 0 Å². The molecule has 0 aromatic rings. The first-order chi connectivity index (χ1) is 8.52. The third kappa shape index (κ3) is 3.45. The quantitative estimate of drug-likeness (QED) is 0.725. The Morgan fingerprint density at radius 3 is 2.72 bits per heavy atom. The fraction of sp³-hybridized carbons (Fsp3) is 0.929. The zero-order valence-corrected chi connectivity index (χ0v) is 11.6. The number of hydrogen-bond donors (Lipinski definition) is 2. The lowest BCUT2D eigenvalue weighted by atomic mass is 9.95. The van der Waals surface area contributed by atoms with Crippen molar-refractivity contribution in [1.29, 1.82) is 0 Å². The maximum atomic E-state index is 11.7. The largest absolute Gasteiger partial charge is 0.378 e. The van der Waals surface area contributed by atoms with Crippen LogP contribution in [0.3, 0.4) is 0 Å². The number of rotatable bonds is 7. The van der Waals surface area contributed by atoms with Crippen LogP contribution in [0.25, 0.3) is 0 Å². The van der Waals surface area contributed by atoms with Crippen LogP contribution in [0.2, 0.25) is 0 Å². The van der Waals surface area contributed by atoms with E-state index in [-0.39, 0.29) is 18.1 Å². The molecule has 0 aromatic heterocycles. The van der Waals surface area contributed by atoms with E-state index in [0.717, 1.165) is 31.8 Å². The summed E-state index contributed by atoms with van der Waals surface area (Å²) in [6.45, 7) is 4.93. The molecule has 2 fully saturated rings.